The Bertz CT molecular complexity index is 515. The van der Waals surface area contributed by atoms with Crippen LogP contribution in [-0.4, -0.2) is 24.1 Å². The van der Waals surface area contributed by atoms with E-state index >= 15 is 0 Å². The number of hydrogen-bond donors (Lipinski definition) is 0. The van der Waals surface area contributed by atoms with Gasteiger partial charge in [0, 0.05) is 5.56 Å². The molecule has 0 heterocycles. The summed E-state index contributed by atoms with van der Waals surface area (Å²) in [5.41, 5.74) is 1.42. The van der Waals surface area contributed by atoms with E-state index < -0.39 is 0 Å². The van der Waals surface area contributed by atoms with Gasteiger partial charge < -0.3 is 21.5 Å². The fourth-order valence-corrected chi connectivity index (χ4v) is 4.63. The molecule has 0 unspecified atom stereocenters. The summed E-state index contributed by atoms with van der Waals surface area (Å²) < 4.78 is 1.06. The lowest BCUT2D eigenvalue weighted by Gasteiger charge is -2.37. The van der Waals surface area contributed by atoms with Crippen LogP contribution in [0.1, 0.15) is 102 Å². The summed E-state index contributed by atoms with van der Waals surface area (Å²) in [5.74, 6) is 0. The Kier molecular flexibility index (Phi) is 20.4. The highest BCUT2D eigenvalue weighted by Gasteiger charge is 2.24. The van der Waals surface area contributed by atoms with Crippen LogP contribution < -0.4 is 17.0 Å². The van der Waals surface area contributed by atoms with Crippen LogP contribution in [-0.2, 0) is 6.54 Å². The zero-order valence-electron chi connectivity index (χ0n) is 20.5. The second-order valence-corrected chi connectivity index (χ2v) is 9.25. The van der Waals surface area contributed by atoms with Crippen LogP contribution in [0.4, 0.5) is 0 Å². The van der Waals surface area contributed by atoms with Crippen molar-refractivity contribution in [3.63, 3.8) is 0 Å². The van der Waals surface area contributed by atoms with Crippen LogP contribution in [0.15, 0.2) is 55.6 Å². The highest BCUT2D eigenvalue weighted by Crippen LogP contribution is 2.19. The van der Waals surface area contributed by atoms with Gasteiger partial charge in [0.25, 0.3) is 0 Å². The van der Waals surface area contributed by atoms with Gasteiger partial charge in [-0.1, -0.05) is 127 Å². The first-order valence-electron chi connectivity index (χ1n) is 12.9. The van der Waals surface area contributed by atoms with Gasteiger partial charge in [-0.05, 0) is 25.0 Å². The molecule has 0 aromatic heterocycles. The van der Waals surface area contributed by atoms with Gasteiger partial charge in [-0.15, -0.1) is 0 Å². The number of hydrogen-bond acceptors (Lipinski definition) is 0. The first-order chi connectivity index (χ1) is 14.8. The van der Waals surface area contributed by atoms with Crippen LogP contribution >= 0.6 is 0 Å². The predicted molar refractivity (Wildman–Crippen MR) is 136 cm³/mol. The normalized spacial score (nSPS) is 11.1. The van der Waals surface area contributed by atoms with Crippen molar-refractivity contribution in [1.29, 1.82) is 0 Å². The second kappa shape index (κ2) is 21.0. The molecule has 0 amide bonds. The molecule has 31 heavy (non-hydrogen) atoms. The summed E-state index contributed by atoms with van der Waals surface area (Å²) in [6.45, 7) is 14.7. The number of quaternary nitrogens is 1. The molecule has 0 spiro atoms. The Morgan fingerprint density at radius 3 is 1.48 bits per heavy atom. The third-order valence-electron chi connectivity index (χ3n) is 6.38. The van der Waals surface area contributed by atoms with E-state index in [0.717, 1.165) is 24.1 Å². The second-order valence-electron chi connectivity index (χ2n) is 9.25. The first kappa shape index (κ1) is 30.1. The maximum atomic E-state index is 4.04. The summed E-state index contributed by atoms with van der Waals surface area (Å²) in [5, 5.41) is 0. The van der Waals surface area contributed by atoms with Gasteiger partial charge in [0.15, 0.2) is 0 Å². The lowest BCUT2D eigenvalue weighted by atomic mass is 10.0. The maximum Gasteiger partial charge on any atom is 0.105 e. The maximum absolute atomic E-state index is 4.04. The Hall–Kier alpha value is -0.860. The summed E-state index contributed by atoms with van der Waals surface area (Å²) in [4.78, 5) is 0. The number of nitrogens with zero attached hydrogens (tertiary/aromatic N) is 1. The zero-order chi connectivity index (χ0) is 21.8. The minimum Gasteiger partial charge on any atom is -1.00 e. The Morgan fingerprint density at radius 2 is 1.06 bits per heavy atom. The van der Waals surface area contributed by atoms with E-state index in [9.17, 15) is 0 Å². The van der Waals surface area contributed by atoms with Crippen LogP contribution in [0.25, 0.3) is 0 Å². The van der Waals surface area contributed by atoms with Crippen molar-refractivity contribution in [3.8, 4) is 0 Å². The van der Waals surface area contributed by atoms with Gasteiger partial charge in [-0.25, -0.2) is 0 Å². The van der Waals surface area contributed by atoms with Crippen molar-refractivity contribution < 1.29 is 21.5 Å². The molecule has 0 aliphatic carbocycles. The molecule has 0 saturated heterocycles. The molecule has 0 radical (unpaired) electrons. The molecule has 1 aromatic rings. The first-order valence-corrected chi connectivity index (χ1v) is 12.9. The SMILES string of the molecule is C=CC[N+](CC=C)(CCCCCCCCCCCCCCCC)Cc1ccccc1.[Br-]. The fourth-order valence-electron chi connectivity index (χ4n) is 4.63. The lowest BCUT2D eigenvalue weighted by Crippen LogP contribution is -3.00. The molecule has 178 valence electrons. The van der Waals surface area contributed by atoms with Crippen LogP contribution in [0.2, 0.25) is 0 Å². The average molecular weight is 493 g/mol. The molecule has 0 saturated carbocycles. The van der Waals surface area contributed by atoms with E-state index in [1.807, 2.05) is 0 Å². The van der Waals surface area contributed by atoms with Crippen LogP contribution in [0, 0.1) is 0 Å². The highest BCUT2D eigenvalue weighted by atomic mass is 79.9. The third-order valence-corrected chi connectivity index (χ3v) is 6.38. The standard InChI is InChI=1S/C29H50N.BrH/c1-4-7-8-9-10-11-12-13-14-15-16-17-18-22-27-30(25-5-2,26-6-3)28-29-23-20-19-21-24-29;/h5-6,19-21,23-24H,2-4,7-18,22,25-28H2,1H3;1H/q+1;/p-1. The van der Waals surface area contributed by atoms with E-state index in [1.54, 1.807) is 0 Å². The number of benzene rings is 1. The molecule has 1 aromatic carbocycles. The van der Waals surface area contributed by atoms with E-state index in [4.69, 9.17) is 0 Å². The quantitative estimate of drug-likeness (QED) is 0.115. The summed E-state index contributed by atoms with van der Waals surface area (Å²) in [7, 11) is 0. The molecule has 1 rings (SSSR count). The molecular formula is C29H50BrN. The van der Waals surface area contributed by atoms with Gasteiger partial charge in [-0.2, -0.15) is 0 Å². The molecule has 0 aliphatic heterocycles. The Labute approximate surface area is 205 Å². The minimum atomic E-state index is 0. The fraction of sp³-hybridized carbons (Fsp3) is 0.655. The third kappa shape index (κ3) is 15.6. The van der Waals surface area contributed by atoms with Crippen molar-refractivity contribution >= 4 is 0 Å². The number of rotatable bonds is 21. The van der Waals surface area contributed by atoms with E-state index in [0.29, 0.717) is 0 Å². The largest absolute Gasteiger partial charge is 1.00 e. The molecule has 2 heteroatoms. The van der Waals surface area contributed by atoms with Gasteiger partial charge in [-0.3, -0.25) is 0 Å². The molecule has 0 atom stereocenters. The van der Waals surface area contributed by atoms with Crippen molar-refractivity contribution in [2.45, 2.75) is 103 Å². The minimum absolute atomic E-state index is 0. The van der Waals surface area contributed by atoms with Crippen LogP contribution in [0.3, 0.4) is 0 Å². The van der Waals surface area contributed by atoms with E-state index in [-0.39, 0.29) is 17.0 Å². The molecule has 0 bridgehead atoms. The van der Waals surface area contributed by atoms with Crippen molar-refractivity contribution in [1.82, 2.24) is 0 Å². The van der Waals surface area contributed by atoms with Gasteiger partial charge in [0.05, 0.1) is 19.6 Å². The van der Waals surface area contributed by atoms with E-state index in [2.05, 4.69) is 62.6 Å². The smallest absolute Gasteiger partial charge is 0.105 e. The molecule has 0 N–H and O–H groups in total. The summed E-state index contributed by atoms with van der Waals surface area (Å²) in [6.07, 6.45) is 24.0. The number of halogens is 1. The molecule has 0 fully saturated rings. The van der Waals surface area contributed by atoms with Crippen molar-refractivity contribution in [3.05, 3.63) is 61.2 Å². The molecular weight excluding hydrogens is 442 g/mol. The van der Waals surface area contributed by atoms with Crippen molar-refractivity contribution in [2.24, 2.45) is 0 Å². The van der Waals surface area contributed by atoms with Gasteiger partial charge in [0.1, 0.15) is 6.54 Å². The highest BCUT2D eigenvalue weighted by molar-refractivity contribution is 5.13. The summed E-state index contributed by atoms with van der Waals surface area (Å²) >= 11 is 0. The van der Waals surface area contributed by atoms with Crippen LogP contribution in [0.5, 0.6) is 0 Å². The Balaban J connectivity index is 0.00000900. The monoisotopic (exact) mass is 491 g/mol. The van der Waals surface area contributed by atoms with Gasteiger partial charge >= 0.3 is 0 Å². The van der Waals surface area contributed by atoms with Crippen molar-refractivity contribution in [2.75, 3.05) is 19.6 Å². The van der Waals surface area contributed by atoms with E-state index in [1.165, 1.54) is 102 Å². The average Bonchev–Trinajstić information content (AvgIpc) is 2.75. The topological polar surface area (TPSA) is 0 Å². The Morgan fingerprint density at radius 1 is 0.645 bits per heavy atom. The predicted octanol–water partition coefficient (Wildman–Crippen LogP) is 5.86. The number of unbranched alkanes of at least 4 members (excludes halogenated alkanes) is 13. The lowest BCUT2D eigenvalue weighted by molar-refractivity contribution is -0.930. The molecule has 1 nitrogen and oxygen atoms in total. The summed E-state index contributed by atoms with van der Waals surface area (Å²) in [6, 6.07) is 10.9. The molecule has 0 aliphatic rings. The zero-order valence-corrected chi connectivity index (χ0v) is 22.1. The van der Waals surface area contributed by atoms with Gasteiger partial charge in [0.2, 0.25) is 0 Å².